The zero-order valence-corrected chi connectivity index (χ0v) is 7.77. The van der Waals surface area contributed by atoms with Crippen molar-refractivity contribution in [3.05, 3.63) is 22.8 Å². The quantitative estimate of drug-likeness (QED) is 0.345. The summed E-state index contributed by atoms with van der Waals surface area (Å²) in [5.74, 6) is 0. The minimum Gasteiger partial charge on any atom is -0.298 e. The van der Waals surface area contributed by atoms with Crippen LogP contribution < -0.4 is 0 Å². The molecule has 0 aliphatic rings. The van der Waals surface area contributed by atoms with Gasteiger partial charge >= 0.3 is 0 Å². The standard InChI is InChI=1S/C10H16O/c1-5-9(3)10(4)6-8(2)7-11/h6-7H,5H2,1-4H3/b8-6+,10-9+. The van der Waals surface area contributed by atoms with Crippen LogP contribution >= 0.6 is 0 Å². The molecule has 0 aromatic heterocycles. The number of hydrogen-bond acceptors (Lipinski definition) is 1. The van der Waals surface area contributed by atoms with Gasteiger partial charge in [-0.25, -0.2) is 0 Å². The highest BCUT2D eigenvalue weighted by atomic mass is 16.1. The third-order valence-electron chi connectivity index (χ3n) is 1.83. The number of rotatable bonds is 3. The summed E-state index contributed by atoms with van der Waals surface area (Å²) < 4.78 is 0. The molecule has 0 fully saturated rings. The summed E-state index contributed by atoms with van der Waals surface area (Å²) in [5.41, 5.74) is 3.33. The first-order chi connectivity index (χ1) is 5.11. The summed E-state index contributed by atoms with van der Waals surface area (Å²) >= 11 is 0. The highest BCUT2D eigenvalue weighted by Crippen LogP contribution is 2.09. The van der Waals surface area contributed by atoms with Crippen molar-refractivity contribution in [3.63, 3.8) is 0 Å². The first kappa shape index (κ1) is 10.2. The van der Waals surface area contributed by atoms with E-state index in [0.717, 1.165) is 18.3 Å². The van der Waals surface area contributed by atoms with Crippen molar-refractivity contribution < 1.29 is 4.79 Å². The maximum absolute atomic E-state index is 10.3. The van der Waals surface area contributed by atoms with Crippen LogP contribution in [0.15, 0.2) is 22.8 Å². The van der Waals surface area contributed by atoms with Crippen LogP contribution in [0.5, 0.6) is 0 Å². The number of aldehydes is 1. The van der Waals surface area contributed by atoms with Gasteiger partial charge in [-0.3, -0.25) is 4.79 Å². The molecule has 0 aromatic rings. The molecule has 1 heteroatoms. The van der Waals surface area contributed by atoms with E-state index in [2.05, 4.69) is 13.8 Å². The fourth-order valence-corrected chi connectivity index (χ4v) is 0.778. The molecule has 0 atom stereocenters. The summed E-state index contributed by atoms with van der Waals surface area (Å²) in [4.78, 5) is 10.3. The van der Waals surface area contributed by atoms with E-state index in [9.17, 15) is 4.79 Å². The van der Waals surface area contributed by atoms with E-state index in [-0.39, 0.29) is 0 Å². The second kappa shape index (κ2) is 4.89. The van der Waals surface area contributed by atoms with Gasteiger partial charge in [0.15, 0.2) is 0 Å². The molecule has 0 unspecified atom stereocenters. The summed E-state index contributed by atoms with van der Waals surface area (Å²) in [6, 6.07) is 0. The molecule has 0 amide bonds. The molecule has 0 bridgehead atoms. The van der Waals surface area contributed by atoms with E-state index in [4.69, 9.17) is 0 Å². The van der Waals surface area contributed by atoms with Crippen LogP contribution in [0.1, 0.15) is 34.1 Å². The normalized spacial score (nSPS) is 14.4. The average Bonchev–Trinajstić information content (AvgIpc) is 2.02. The van der Waals surface area contributed by atoms with Crippen molar-refractivity contribution in [2.45, 2.75) is 34.1 Å². The lowest BCUT2D eigenvalue weighted by Gasteiger charge is -1.99. The smallest absolute Gasteiger partial charge is 0.145 e. The maximum Gasteiger partial charge on any atom is 0.145 e. The molecule has 0 N–H and O–H groups in total. The number of carbonyl (C=O) groups is 1. The van der Waals surface area contributed by atoms with Crippen molar-refractivity contribution in [3.8, 4) is 0 Å². The lowest BCUT2D eigenvalue weighted by Crippen LogP contribution is -1.82. The van der Waals surface area contributed by atoms with Gasteiger partial charge in [-0.1, -0.05) is 24.1 Å². The topological polar surface area (TPSA) is 17.1 Å². The highest BCUT2D eigenvalue weighted by Gasteiger charge is 1.91. The molecule has 62 valence electrons. The molecule has 0 aliphatic heterocycles. The third kappa shape index (κ3) is 3.76. The van der Waals surface area contributed by atoms with Crippen molar-refractivity contribution >= 4 is 6.29 Å². The fraction of sp³-hybridized carbons (Fsp3) is 0.500. The fourth-order valence-electron chi connectivity index (χ4n) is 0.778. The largest absolute Gasteiger partial charge is 0.298 e. The van der Waals surface area contributed by atoms with Gasteiger partial charge in [0.1, 0.15) is 6.29 Å². The van der Waals surface area contributed by atoms with Gasteiger partial charge in [0.05, 0.1) is 0 Å². The van der Waals surface area contributed by atoms with Gasteiger partial charge in [-0.2, -0.15) is 0 Å². The molecule has 0 rings (SSSR count). The van der Waals surface area contributed by atoms with Crippen LogP contribution in [0.4, 0.5) is 0 Å². The second-order valence-electron chi connectivity index (χ2n) is 2.82. The zero-order valence-electron chi connectivity index (χ0n) is 7.77. The van der Waals surface area contributed by atoms with Crippen molar-refractivity contribution in [2.24, 2.45) is 0 Å². The maximum atomic E-state index is 10.3. The van der Waals surface area contributed by atoms with E-state index in [0.29, 0.717) is 0 Å². The Morgan fingerprint density at radius 2 is 1.82 bits per heavy atom. The highest BCUT2D eigenvalue weighted by molar-refractivity contribution is 5.73. The summed E-state index contributed by atoms with van der Waals surface area (Å²) in [7, 11) is 0. The summed E-state index contributed by atoms with van der Waals surface area (Å²) in [6.07, 6.45) is 3.85. The second-order valence-corrected chi connectivity index (χ2v) is 2.82. The van der Waals surface area contributed by atoms with E-state index in [1.165, 1.54) is 11.1 Å². The van der Waals surface area contributed by atoms with Crippen molar-refractivity contribution in [1.82, 2.24) is 0 Å². The molecule has 1 nitrogen and oxygen atoms in total. The average molecular weight is 152 g/mol. The molecule has 0 spiro atoms. The Morgan fingerprint density at radius 3 is 2.18 bits per heavy atom. The van der Waals surface area contributed by atoms with Crippen LogP contribution in [0.3, 0.4) is 0 Å². The molecule has 0 saturated heterocycles. The molecule has 11 heavy (non-hydrogen) atoms. The van der Waals surface area contributed by atoms with Gasteiger partial charge in [0, 0.05) is 0 Å². The number of hydrogen-bond donors (Lipinski definition) is 0. The first-order valence-corrected chi connectivity index (χ1v) is 3.91. The molecular weight excluding hydrogens is 136 g/mol. The lowest BCUT2D eigenvalue weighted by atomic mass is 10.1. The van der Waals surface area contributed by atoms with Gasteiger partial charge in [-0.15, -0.1) is 0 Å². The van der Waals surface area contributed by atoms with E-state index >= 15 is 0 Å². The Kier molecular flexibility index (Phi) is 4.51. The van der Waals surface area contributed by atoms with Crippen LogP contribution in [0.25, 0.3) is 0 Å². The molecular formula is C10H16O. The minimum absolute atomic E-state index is 0.787. The Bertz CT molecular complexity index is 197. The van der Waals surface area contributed by atoms with Crippen LogP contribution in [0.2, 0.25) is 0 Å². The Balaban J connectivity index is 4.49. The predicted molar refractivity (Wildman–Crippen MR) is 48.5 cm³/mol. The predicted octanol–water partition coefficient (Wildman–Crippen LogP) is 2.88. The van der Waals surface area contributed by atoms with Gasteiger partial charge in [-0.05, 0) is 32.8 Å². The lowest BCUT2D eigenvalue weighted by molar-refractivity contribution is -0.104. The molecule has 0 heterocycles. The monoisotopic (exact) mass is 152 g/mol. The molecule has 0 aliphatic carbocycles. The van der Waals surface area contributed by atoms with Gasteiger partial charge < -0.3 is 0 Å². The molecule has 0 radical (unpaired) electrons. The van der Waals surface area contributed by atoms with Crippen LogP contribution in [-0.2, 0) is 4.79 Å². The number of carbonyl (C=O) groups excluding carboxylic acids is 1. The summed E-state index contributed by atoms with van der Waals surface area (Å²) in [5, 5.41) is 0. The Labute approximate surface area is 68.8 Å². The minimum atomic E-state index is 0.787. The molecule has 0 aromatic carbocycles. The third-order valence-corrected chi connectivity index (χ3v) is 1.83. The zero-order chi connectivity index (χ0) is 8.85. The van der Waals surface area contributed by atoms with Gasteiger partial charge in [0.25, 0.3) is 0 Å². The Hall–Kier alpha value is -0.850. The van der Waals surface area contributed by atoms with Crippen LogP contribution in [-0.4, -0.2) is 6.29 Å². The first-order valence-electron chi connectivity index (χ1n) is 3.91. The SMILES string of the molecule is CC/C(C)=C(C)/C=C(\C)C=O. The van der Waals surface area contributed by atoms with E-state index < -0.39 is 0 Å². The van der Waals surface area contributed by atoms with Crippen molar-refractivity contribution in [2.75, 3.05) is 0 Å². The van der Waals surface area contributed by atoms with Crippen molar-refractivity contribution in [1.29, 1.82) is 0 Å². The number of allylic oxidation sites excluding steroid dienone is 4. The van der Waals surface area contributed by atoms with E-state index in [1.54, 1.807) is 0 Å². The molecule has 0 saturated carbocycles. The Morgan fingerprint density at radius 1 is 1.27 bits per heavy atom. The van der Waals surface area contributed by atoms with Gasteiger partial charge in [0.2, 0.25) is 0 Å². The summed E-state index contributed by atoms with van der Waals surface area (Å²) in [6.45, 7) is 8.05. The van der Waals surface area contributed by atoms with E-state index in [1.807, 2.05) is 19.9 Å². The van der Waals surface area contributed by atoms with Crippen LogP contribution in [0, 0.1) is 0 Å².